The van der Waals surface area contributed by atoms with E-state index in [0.29, 0.717) is 5.02 Å². The van der Waals surface area contributed by atoms with Gasteiger partial charge in [0.1, 0.15) is 5.75 Å². The van der Waals surface area contributed by atoms with E-state index >= 15 is 0 Å². The number of benzene rings is 3. The molecule has 0 bridgehead atoms. The summed E-state index contributed by atoms with van der Waals surface area (Å²) in [6.07, 6.45) is 0. The van der Waals surface area contributed by atoms with Crippen LogP contribution in [0.4, 0.5) is 0 Å². The van der Waals surface area contributed by atoms with Crippen LogP contribution in [0.3, 0.4) is 0 Å². The molecule has 0 aromatic heterocycles. The Morgan fingerprint density at radius 1 is 0.923 bits per heavy atom. The number of fused-ring (bicyclic) bond motifs is 3. The first kappa shape index (κ1) is 17.3. The normalized spacial score (nSPS) is 15.0. The van der Waals surface area contributed by atoms with Crippen LogP contribution in [-0.2, 0) is 0 Å². The number of aryl methyl sites for hydroxylation is 3. The third kappa shape index (κ3) is 2.84. The summed E-state index contributed by atoms with van der Waals surface area (Å²) in [7, 11) is -1.45. The zero-order valence-electron chi connectivity index (χ0n) is 14.8. The smallest absolute Gasteiger partial charge is 0.229 e. The van der Waals surface area contributed by atoms with Crippen LogP contribution in [0, 0.1) is 20.8 Å². The fraction of sp³-hybridized carbons (Fsp3) is 0.136. The Labute approximate surface area is 159 Å². The van der Waals surface area contributed by atoms with Gasteiger partial charge in [0.2, 0.25) is 5.52 Å². The van der Waals surface area contributed by atoms with Crippen molar-refractivity contribution >= 4 is 30.6 Å². The number of carbonyl (C=O) groups excluding carboxylic acids is 1. The lowest BCUT2D eigenvalue weighted by molar-refractivity contribution is 0.107. The lowest BCUT2D eigenvalue weighted by atomic mass is 10.0. The maximum Gasteiger partial charge on any atom is 0.229 e. The minimum atomic E-state index is -1.45. The predicted octanol–water partition coefficient (Wildman–Crippen LogP) is 6.19. The quantitative estimate of drug-likeness (QED) is 0.496. The minimum absolute atomic E-state index is 0.0584. The minimum Gasteiger partial charge on any atom is -0.460 e. The highest BCUT2D eigenvalue weighted by Gasteiger charge is 2.34. The Balaban J connectivity index is 1.87. The van der Waals surface area contributed by atoms with Gasteiger partial charge in [-0.2, -0.15) is 0 Å². The summed E-state index contributed by atoms with van der Waals surface area (Å²) in [6, 6.07) is 17.6. The Morgan fingerprint density at radius 3 is 2.35 bits per heavy atom. The highest BCUT2D eigenvalue weighted by Crippen LogP contribution is 2.51. The lowest BCUT2D eigenvalue weighted by Gasteiger charge is -2.28. The average Bonchev–Trinajstić information content (AvgIpc) is 2.60. The second kappa shape index (κ2) is 6.54. The maximum atomic E-state index is 13.5. The molecule has 0 fully saturated rings. The summed E-state index contributed by atoms with van der Waals surface area (Å²) >= 11 is 6.18. The summed E-state index contributed by atoms with van der Waals surface area (Å²) in [5.41, 5.74) is 5.96. The molecule has 1 aliphatic rings. The third-order valence-electron chi connectivity index (χ3n) is 4.62. The van der Waals surface area contributed by atoms with Gasteiger partial charge in [0.15, 0.2) is 8.15 Å². The third-order valence-corrected chi connectivity index (χ3v) is 6.65. The van der Waals surface area contributed by atoms with Gasteiger partial charge in [0.05, 0.1) is 0 Å². The predicted molar refractivity (Wildman–Crippen MR) is 109 cm³/mol. The van der Waals surface area contributed by atoms with Gasteiger partial charge in [-0.25, -0.2) is 0 Å². The first-order chi connectivity index (χ1) is 12.5. The van der Waals surface area contributed by atoms with Crippen LogP contribution in [-0.4, -0.2) is 5.52 Å². The number of hydrogen-bond acceptors (Lipinski definition) is 2. The van der Waals surface area contributed by atoms with E-state index in [0.717, 1.165) is 44.4 Å². The van der Waals surface area contributed by atoms with Crippen molar-refractivity contribution in [3.8, 4) is 16.9 Å². The van der Waals surface area contributed by atoms with Crippen molar-refractivity contribution < 1.29 is 9.32 Å². The van der Waals surface area contributed by atoms with Crippen LogP contribution in [0.25, 0.3) is 11.1 Å². The number of rotatable bonds is 2. The highest BCUT2D eigenvalue weighted by atomic mass is 35.5. The van der Waals surface area contributed by atoms with Crippen molar-refractivity contribution in [2.24, 2.45) is 0 Å². The van der Waals surface area contributed by atoms with E-state index in [2.05, 4.69) is 12.1 Å². The van der Waals surface area contributed by atoms with Crippen LogP contribution in [0.1, 0.15) is 27.0 Å². The summed E-state index contributed by atoms with van der Waals surface area (Å²) < 4.78 is 6.23. The Kier molecular flexibility index (Phi) is 4.34. The van der Waals surface area contributed by atoms with Crippen molar-refractivity contribution in [2.45, 2.75) is 20.8 Å². The standard InChI is InChI=1S/C22H18ClO2P/c1-13-10-14(2)21(15(3)11-13)22(24)26-20-7-5-4-6-17(20)18-12-16(23)8-9-19(18)25-26/h4-12H,1-3H3. The maximum absolute atomic E-state index is 13.5. The second-order valence-corrected chi connectivity index (χ2v) is 8.72. The summed E-state index contributed by atoms with van der Waals surface area (Å²) in [4.78, 5) is 13.5. The molecule has 130 valence electrons. The van der Waals surface area contributed by atoms with E-state index in [-0.39, 0.29) is 5.52 Å². The molecule has 2 nitrogen and oxygen atoms in total. The fourth-order valence-electron chi connectivity index (χ4n) is 3.59. The number of halogens is 1. The summed E-state index contributed by atoms with van der Waals surface area (Å²) in [6.45, 7) is 6.03. The van der Waals surface area contributed by atoms with Crippen LogP contribution in [0.5, 0.6) is 5.75 Å². The van der Waals surface area contributed by atoms with E-state index < -0.39 is 8.15 Å². The molecule has 0 spiro atoms. The van der Waals surface area contributed by atoms with E-state index in [9.17, 15) is 4.79 Å². The largest absolute Gasteiger partial charge is 0.460 e. The van der Waals surface area contributed by atoms with E-state index in [4.69, 9.17) is 16.1 Å². The van der Waals surface area contributed by atoms with Gasteiger partial charge in [-0.05, 0) is 55.7 Å². The van der Waals surface area contributed by atoms with E-state index in [1.807, 2.05) is 57.2 Å². The van der Waals surface area contributed by atoms with Gasteiger partial charge in [0, 0.05) is 21.5 Å². The van der Waals surface area contributed by atoms with Crippen LogP contribution < -0.4 is 9.83 Å². The highest BCUT2D eigenvalue weighted by molar-refractivity contribution is 7.78. The van der Waals surface area contributed by atoms with Crippen molar-refractivity contribution in [1.82, 2.24) is 0 Å². The first-order valence-corrected chi connectivity index (χ1v) is 10.1. The molecule has 26 heavy (non-hydrogen) atoms. The lowest BCUT2D eigenvalue weighted by Crippen LogP contribution is -2.20. The van der Waals surface area contributed by atoms with Gasteiger partial charge < -0.3 is 4.52 Å². The number of hydrogen-bond donors (Lipinski definition) is 0. The van der Waals surface area contributed by atoms with Crippen LogP contribution in [0.15, 0.2) is 54.6 Å². The van der Waals surface area contributed by atoms with Crippen molar-refractivity contribution in [1.29, 1.82) is 0 Å². The van der Waals surface area contributed by atoms with Gasteiger partial charge in [-0.1, -0.05) is 53.6 Å². The molecule has 4 heteroatoms. The average molecular weight is 381 g/mol. The van der Waals surface area contributed by atoms with Crippen LogP contribution in [0.2, 0.25) is 5.02 Å². The van der Waals surface area contributed by atoms with Gasteiger partial charge in [-0.15, -0.1) is 0 Å². The first-order valence-electron chi connectivity index (χ1n) is 8.45. The van der Waals surface area contributed by atoms with E-state index in [1.54, 1.807) is 6.07 Å². The molecule has 1 heterocycles. The monoisotopic (exact) mass is 380 g/mol. The second-order valence-electron chi connectivity index (χ2n) is 6.62. The Bertz CT molecular complexity index is 1020. The molecule has 3 aromatic carbocycles. The molecule has 3 aromatic rings. The Morgan fingerprint density at radius 2 is 1.62 bits per heavy atom. The molecule has 0 aliphatic carbocycles. The molecule has 0 saturated heterocycles. The molecule has 0 saturated carbocycles. The fourth-order valence-corrected chi connectivity index (χ4v) is 5.71. The molecule has 1 unspecified atom stereocenters. The summed E-state index contributed by atoms with van der Waals surface area (Å²) in [5.74, 6) is 0.718. The summed E-state index contributed by atoms with van der Waals surface area (Å²) in [5, 5.41) is 1.60. The SMILES string of the molecule is Cc1cc(C)c(C(=O)P2Oc3ccc(Cl)cc3-c3ccccc32)c(C)c1. The molecule has 0 amide bonds. The Hall–Kier alpha value is -2.15. The molecule has 1 atom stereocenters. The van der Waals surface area contributed by atoms with Crippen molar-refractivity contribution in [3.63, 3.8) is 0 Å². The van der Waals surface area contributed by atoms with Crippen LogP contribution >= 0.6 is 19.7 Å². The molecular weight excluding hydrogens is 363 g/mol. The molecule has 1 aliphatic heterocycles. The van der Waals surface area contributed by atoms with E-state index in [1.165, 1.54) is 0 Å². The molecular formula is C22H18ClO2P. The van der Waals surface area contributed by atoms with Gasteiger partial charge >= 0.3 is 0 Å². The van der Waals surface area contributed by atoms with Crippen molar-refractivity contribution in [2.75, 3.05) is 0 Å². The zero-order valence-corrected chi connectivity index (χ0v) is 16.5. The van der Waals surface area contributed by atoms with Gasteiger partial charge in [0.25, 0.3) is 0 Å². The molecule has 4 rings (SSSR count). The molecule has 0 radical (unpaired) electrons. The topological polar surface area (TPSA) is 26.3 Å². The van der Waals surface area contributed by atoms with Gasteiger partial charge in [-0.3, -0.25) is 4.79 Å². The molecule has 0 N–H and O–H groups in total. The van der Waals surface area contributed by atoms with Crippen molar-refractivity contribution in [3.05, 3.63) is 81.9 Å². The number of carbonyl (C=O) groups is 1. The zero-order chi connectivity index (χ0) is 18.4.